The number of nitro groups is 1. The van der Waals surface area contributed by atoms with Crippen molar-refractivity contribution in [2.75, 3.05) is 19.0 Å². The lowest BCUT2D eigenvalue weighted by Gasteiger charge is -2.20. The van der Waals surface area contributed by atoms with Gasteiger partial charge in [-0.3, -0.25) is 10.1 Å². The highest BCUT2D eigenvalue weighted by molar-refractivity contribution is 5.90. The van der Waals surface area contributed by atoms with E-state index in [0.29, 0.717) is 6.42 Å². The first kappa shape index (κ1) is 21.8. The molecule has 0 aliphatic carbocycles. The zero-order chi connectivity index (χ0) is 22.2. The van der Waals surface area contributed by atoms with E-state index in [4.69, 9.17) is 9.47 Å². The van der Waals surface area contributed by atoms with E-state index < -0.39 is 10.9 Å². The van der Waals surface area contributed by atoms with Gasteiger partial charge < -0.3 is 14.8 Å². The summed E-state index contributed by atoms with van der Waals surface area (Å²) in [5, 5.41) is 14.7. The Labute approximate surface area is 180 Å². The summed E-state index contributed by atoms with van der Waals surface area (Å²) < 4.78 is 10.4. The maximum Gasteiger partial charge on any atom is 0.338 e. The zero-order valence-corrected chi connectivity index (χ0v) is 17.4. The van der Waals surface area contributed by atoms with Crippen LogP contribution in [0.15, 0.2) is 72.8 Å². The fourth-order valence-corrected chi connectivity index (χ4v) is 3.17. The van der Waals surface area contributed by atoms with Gasteiger partial charge in [-0.15, -0.1) is 0 Å². The summed E-state index contributed by atoms with van der Waals surface area (Å²) in [6.07, 6.45) is 0.530. The molecular formula is C24H24N2O5. The Morgan fingerprint density at radius 3 is 2.42 bits per heavy atom. The van der Waals surface area contributed by atoms with Crippen molar-refractivity contribution in [3.05, 3.63) is 99.6 Å². The van der Waals surface area contributed by atoms with Crippen LogP contribution in [0.25, 0.3) is 0 Å². The maximum absolute atomic E-state index is 12.4. The molecule has 31 heavy (non-hydrogen) atoms. The molecule has 0 unspecified atom stereocenters. The summed E-state index contributed by atoms with van der Waals surface area (Å²) in [5.41, 5.74) is 3.04. The molecule has 0 spiro atoms. The van der Waals surface area contributed by atoms with Crippen molar-refractivity contribution in [1.29, 1.82) is 0 Å². The molecule has 7 nitrogen and oxygen atoms in total. The number of nitrogens with one attached hydrogen (secondary N) is 1. The van der Waals surface area contributed by atoms with Crippen molar-refractivity contribution in [3.63, 3.8) is 0 Å². The van der Waals surface area contributed by atoms with Crippen LogP contribution in [-0.2, 0) is 4.74 Å². The van der Waals surface area contributed by atoms with Gasteiger partial charge in [-0.1, -0.05) is 48.0 Å². The molecule has 0 aliphatic heterocycles. The van der Waals surface area contributed by atoms with Crippen LogP contribution in [0.4, 0.5) is 11.4 Å². The van der Waals surface area contributed by atoms with Crippen molar-refractivity contribution >= 4 is 17.3 Å². The molecule has 0 fully saturated rings. The van der Waals surface area contributed by atoms with E-state index in [2.05, 4.69) is 5.32 Å². The van der Waals surface area contributed by atoms with Crippen LogP contribution in [0.3, 0.4) is 0 Å². The molecule has 160 valence electrons. The molecule has 3 rings (SSSR count). The number of methoxy groups -OCH3 is 1. The Morgan fingerprint density at radius 2 is 1.77 bits per heavy atom. The number of nitrogens with zero attached hydrogens (tertiary/aromatic N) is 1. The minimum Gasteiger partial charge on any atom is -0.490 e. The first-order chi connectivity index (χ1) is 15.0. The molecule has 0 heterocycles. The van der Waals surface area contributed by atoms with Gasteiger partial charge in [-0.05, 0) is 36.8 Å². The number of nitro benzene ring substituents is 1. The molecule has 0 saturated carbocycles. The molecule has 7 heteroatoms. The molecule has 3 aromatic carbocycles. The van der Waals surface area contributed by atoms with Crippen LogP contribution in [0.2, 0.25) is 0 Å². The van der Waals surface area contributed by atoms with Crippen molar-refractivity contribution in [1.82, 2.24) is 0 Å². The Hall–Kier alpha value is -3.87. The monoisotopic (exact) mass is 420 g/mol. The number of aryl methyl sites for hydroxylation is 1. The van der Waals surface area contributed by atoms with Crippen LogP contribution in [0.1, 0.15) is 33.9 Å². The molecule has 0 amide bonds. The zero-order valence-electron chi connectivity index (χ0n) is 17.4. The van der Waals surface area contributed by atoms with Gasteiger partial charge in [-0.25, -0.2) is 4.79 Å². The predicted molar refractivity (Wildman–Crippen MR) is 119 cm³/mol. The first-order valence-corrected chi connectivity index (χ1v) is 9.85. The van der Waals surface area contributed by atoms with Crippen molar-refractivity contribution in [3.8, 4) is 5.75 Å². The van der Waals surface area contributed by atoms with Crippen LogP contribution in [-0.4, -0.2) is 24.6 Å². The number of anilines is 1. The lowest BCUT2D eigenvalue weighted by molar-refractivity contribution is -0.385. The average Bonchev–Trinajstić information content (AvgIpc) is 2.79. The fraction of sp³-hybridized carbons (Fsp3) is 0.208. The number of carbonyl (C=O) groups excluding carboxylic acids is 1. The normalized spacial score (nSPS) is 11.4. The molecule has 0 saturated heterocycles. The van der Waals surface area contributed by atoms with Gasteiger partial charge in [0.05, 0.1) is 30.2 Å². The van der Waals surface area contributed by atoms with Gasteiger partial charge in [-0.2, -0.15) is 0 Å². The third-order valence-corrected chi connectivity index (χ3v) is 4.85. The summed E-state index contributed by atoms with van der Waals surface area (Å²) in [5.74, 6) is -0.527. The van der Waals surface area contributed by atoms with Crippen molar-refractivity contribution in [2.24, 2.45) is 0 Å². The van der Waals surface area contributed by atoms with Crippen LogP contribution >= 0.6 is 0 Å². The number of esters is 1. The van der Waals surface area contributed by atoms with Crippen molar-refractivity contribution < 1.29 is 19.2 Å². The summed E-state index contributed by atoms with van der Waals surface area (Å²) in [6, 6.07) is 21.9. The van der Waals surface area contributed by atoms with Gasteiger partial charge in [0.1, 0.15) is 0 Å². The molecular weight excluding hydrogens is 396 g/mol. The molecule has 0 aliphatic rings. The van der Waals surface area contributed by atoms with Crippen LogP contribution in [0, 0.1) is 17.0 Å². The second-order valence-corrected chi connectivity index (χ2v) is 7.04. The third-order valence-electron chi connectivity index (χ3n) is 4.85. The van der Waals surface area contributed by atoms with E-state index in [-0.39, 0.29) is 29.6 Å². The van der Waals surface area contributed by atoms with E-state index in [1.807, 2.05) is 61.5 Å². The SMILES string of the molecule is COc1ccc(C(=O)OCC[C@H](Nc2ccc(C)cc2)c2ccccc2)cc1[N+](=O)[O-]. The lowest BCUT2D eigenvalue weighted by atomic mass is 10.0. The van der Waals surface area contributed by atoms with E-state index in [9.17, 15) is 14.9 Å². The van der Waals surface area contributed by atoms with E-state index in [0.717, 1.165) is 11.3 Å². The minimum atomic E-state index is -0.618. The highest BCUT2D eigenvalue weighted by Crippen LogP contribution is 2.28. The highest BCUT2D eigenvalue weighted by Gasteiger charge is 2.19. The van der Waals surface area contributed by atoms with Gasteiger partial charge in [0, 0.05) is 18.2 Å². The van der Waals surface area contributed by atoms with E-state index in [1.165, 1.54) is 30.9 Å². The predicted octanol–water partition coefficient (Wildman–Crippen LogP) is 5.31. The molecule has 1 atom stereocenters. The number of ether oxygens (including phenoxy) is 2. The smallest absolute Gasteiger partial charge is 0.338 e. The topological polar surface area (TPSA) is 90.7 Å². The summed E-state index contributed by atoms with van der Waals surface area (Å²) in [6.45, 7) is 2.18. The fourth-order valence-electron chi connectivity index (χ4n) is 3.17. The standard InChI is InChI=1S/C24H24N2O5/c1-17-8-11-20(12-9-17)25-21(18-6-4-3-5-7-18)14-15-31-24(27)19-10-13-23(30-2)22(16-19)26(28)29/h3-13,16,21,25H,14-15H2,1-2H3/t21-/m0/s1. The van der Waals surface area contributed by atoms with Gasteiger partial charge in [0.2, 0.25) is 0 Å². The highest BCUT2D eigenvalue weighted by atomic mass is 16.6. The molecule has 0 aromatic heterocycles. The van der Waals surface area contributed by atoms with Gasteiger partial charge in [0.25, 0.3) is 0 Å². The Morgan fingerprint density at radius 1 is 1.06 bits per heavy atom. The summed E-state index contributed by atoms with van der Waals surface area (Å²) >= 11 is 0. The summed E-state index contributed by atoms with van der Waals surface area (Å²) in [7, 11) is 1.34. The second-order valence-electron chi connectivity index (χ2n) is 7.04. The largest absolute Gasteiger partial charge is 0.490 e. The maximum atomic E-state index is 12.4. The number of benzene rings is 3. The number of hydrogen-bond donors (Lipinski definition) is 1. The molecule has 0 radical (unpaired) electrons. The molecule has 3 aromatic rings. The minimum absolute atomic E-state index is 0.0677. The Kier molecular flexibility index (Phi) is 7.22. The number of rotatable bonds is 9. The van der Waals surface area contributed by atoms with Gasteiger partial charge >= 0.3 is 11.7 Å². The molecule has 0 bridgehead atoms. The third kappa shape index (κ3) is 5.82. The number of hydrogen-bond acceptors (Lipinski definition) is 6. The van der Waals surface area contributed by atoms with Crippen LogP contribution < -0.4 is 10.1 Å². The van der Waals surface area contributed by atoms with Crippen LogP contribution in [0.5, 0.6) is 5.75 Å². The average molecular weight is 420 g/mol. The summed E-state index contributed by atoms with van der Waals surface area (Å²) in [4.78, 5) is 23.0. The number of carbonyl (C=O) groups is 1. The quantitative estimate of drug-likeness (QED) is 0.286. The first-order valence-electron chi connectivity index (χ1n) is 9.85. The van der Waals surface area contributed by atoms with E-state index >= 15 is 0 Å². The Balaban J connectivity index is 1.67. The van der Waals surface area contributed by atoms with E-state index in [1.54, 1.807) is 0 Å². The lowest BCUT2D eigenvalue weighted by Crippen LogP contribution is -2.15. The van der Waals surface area contributed by atoms with Gasteiger partial charge in [0.15, 0.2) is 5.75 Å². The molecule has 1 N–H and O–H groups in total. The Bertz CT molecular complexity index is 1040. The second kappa shape index (κ2) is 10.2. The van der Waals surface area contributed by atoms with Crippen molar-refractivity contribution in [2.45, 2.75) is 19.4 Å².